The molecule has 0 amide bonds. The fourth-order valence-electron chi connectivity index (χ4n) is 2.28. The average Bonchev–Trinajstić information content (AvgIpc) is 2.93. The number of imidazole rings is 1. The Morgan fingerprint density at radius 2 is 2.39 bits per heavy atom. The van der Waals surface area contributed by atoms with Crippen molar-refractivity contribution >= 4 is 21.9 Å². The molecule has 18 heavy (non-hydrogen) atoms. The molecule has 6 heteroatoms. The van der Waals surface area contributed by atoms with Crippen LogP contribution in [0.3, 0.4) is 0 Å². The molecule has 1 unspecified atom stereocenters. The van der Waals surface area contributed by atoms with Crippen LogP contribution < -0.4 is 0 Å². The molecule has 0 aromatic carbocycles. The van der Waals surface area contributed by atoms with Crippen molar-refractivity contribution < 1.29 is 14.3 Å². The first-order chi connectivity index (χ1) is 8.65. The number of aliphatic carboxylic acids is 1. The molecular formula is C12H11BrN2O3. The van der Waals surface area contributed by atoms with Crippen LogP contribution in [0.25, 0.3) is 11.6 Å². The van der Waals surface area contributed by atoms with Gasteiger partial charge in [0.2, 0.25) is 0 Å². The molecule has 0 spiro atoms. The number of fused-ring (bicyclic) bond motifs is 1. The highest BCUT2D eigenvalue weighted by atomic mass is 79.9. The maximum atomic E-state index is 11.1. The summed E-state index contributed by atoms with van der Waals surface area (Å²) in [6.07, 6.45) is 3.21. The predicted octanol–water partition coefficient (Wildman–Crippen LogP) is 2.55. The summed E-state index contributed by atoms with van der Waals surface area (Å²) in [6.45, 7) is 0.457. The molecule has 1 aliphatic heterocycles. The molecule has 1 N–H and O–H groups in total. The summed E-state index contributed by atoms with van der Waals surface area (Å²) < 4.78 is 8.05. The number of hydrogen-bond acceptors (Lipinski definition) is 3. The number of carboxylic acid groups (broad SMARTS) is 1. The van der Waals surface area contributed by atoms with Gasteiger partial charge in [-0.15, -0.1) is 0 Å². The molecule has 0 saturated carbocycles. The lowest BCUT2D eigenvalue weighted by molar-refractivity contribution is -0.142. The van der Waals surface area contributed by atoms with Gasteiger partial charge in [-0.05, 0) is 40.9 Å². The first kappa shape index (κ1) is 11.5. The number of hydrogen-bond donors (Lipinski definition) is 1. The third-order valence-electron chi connectivity index (χ3n) is 3.23. The molecule has 3 heterocycles. The molecule has 1 atom stereocenters. The van der Waals surface area contributed by atoms with E-state index in [4.69, 9.17) is 9.52 Å². The minimum Gasteiger partial charge on any atom is -0.481 e. The first-order valence-electron chi connectivity index (χ1n) is 5.68. The molecular weight excluding hydrogens is 300 g/mol. The number of carboxylic acids is 1. The number of furan rings is 1. The topological polar surface area (TPSA) is 68.3 Å². The van der Waals surface area contributed by atoms with Crippen LogP contribution in [-0.4, -0.2) is 20.6 Å². The fraction of sp³-hybridized carbons (Fsp3) is 0.333. The maximum Gasteiger partial charge on any atom is 0.308 e. The monoisotopic (exact) mass is 310 g/mol. The minimum atomic E-state index is -0.749. The summed E-state index contributed by atoms with van der Waals surface area (Å²) in [5, 5.41) is 9.10. The van der Waals surface area contributed by atoms with Crippen molar-refractivity contribution in [1.29, 1.82) is 0 Å². The van der Waals surface area contributed by atoms with Gasteiger partial charge in [0.1, 0.15) is 0 Å². The van der Waals surface area contributed by atoms with E-state index >= 15 is 0 Å². The lowest BCUT2D eigenvalue weighted by Crippen LogP contribution is -2.26. The highest BCUT2D eigenvalue weighted by Gasteiger charge is 2.27. The van der Waals surface area contributed by atoms with E-state index in [2.05, 4.69) is 20.9 Å². The van der Waals surface area contributed by atoms with E-state index in [1.165, 1.54) is 0 Å². The van der Waals surface area contributed by atoms with Crippen LogP contribution in [0.1, 0.15) is 12.1 Å². The molecule has 0 aliphatic carbocycles. The highest BCUT2D eigenvalue weighted by molar-refractivity contribution is 9.10. The number of aryl methyl sites for hydroxylation is 1. The van der Waals surface area contributed by atoms with Crippen molar-refractivity contribution in [2.45, 2.75) is 19.4 Å². The Labute approximate surface area is 112 Å². The van der Waals surface area contributed by atoms with Gasteiger partial charge >= 0.3 is 5.97 Å². The normalized spacial score (nSPS) is 18.6. The van der Waals surface area contributed by atoms with Gasteiger partial charge in [-0.3, -0.25) is 4.79 Å². The highest BCUT2D eigenvalue weighted by Crippen LogP contribution is 2.29. The van der Waals surface area contributed by atoms with E-state index in [1.54, 1.807) is 12.3 Å². The van der Waals surface area contributed by atoms with Gasteiger partial charge in [-0.1, -0.05) is 0 Å². The third kappa shape index (κ3) is 1.86. The van der Waals surface area contributed by atoms with Crippen LogP contribution in [0.2, 0.25) is 0 Å². The zero-order valence-corrected chi connectivity index (χ0v) is 11.1. The van der Waals surface area contributed by atoms with E-state index < -0.39 is 5.97 Å². The quantitative estimate of drug-likeness (QED) is 0.925. The Balaban J connectivity index is 1.99. The van der Waals surface area contributed by atoms with Gasteiger partial charge in [0, 0.05) is 18.4 Å². The van der Waals surface area contributed by atoms with Crippen molar-refractivity contribution in [1.82, 2.24) is 9.55 Å². The maximum absolute atomic E-state index is 11.1. The van der Waals surface area contributed by atoms with Crippen molar-refractivity contribution in [2.24, 2.45) is 5.92 Å². The van der Waals surface area contributed by atoms with Crippen molar-refractivity contribution in [2.75, 3.05) is 0 Å². The van der Waals surface area contributed by atoms with Crippen molar-refractivity contribution in [3.8, 4) is 11.6 Å². The average molecular weight is 311 g/mol. The standard InChI is InChI=1S/C12H11BrN2O3/c13-10-4-3-9(18-10)11-14-5-8-2-1-7(12(16)17)6-15(8)11/h3-5,7H,1-2,6H2,(H,16,17). The van der Waals surface area contributed by atoms with Crippen molar-refractivity contribution in [3.05, 3.63) is 28.7 Å². The fourth-order valence-corrected chi connectivity index (χ4v) is 2.59. The summed E-state index contributed by atoms with van der Waals surface area (Å²) in [5.74, 6) is 0.255. The van der Waals surface area contributed by atoms with Gasteiger partial charge in [-0.2, -0.15) is 0 Å². The second-order valence-electron chi connectivity index (χ2n) is 4.36. The van der Waals surface area contributed by atoms with Crippen molar-refractivity contribution in [3.63, 3.8) is 0 Å². The van der Waals surface area contributed by atoms with Gasteiger partial charge < -0.3 is 14.1 Å². The van der Waals surface area contributed by atoms with E-state index in [1.807, 2.05) is 10.6 Å². The van der Waals surface area contributed by atoms with Crippen LogP contribution >= 0.6 is 15.9 Å². The molecule has 3 rings (SSSR count). The molecule has 0 radical (unpaired) electrons. The second-order valence-corrected chi connectivity index (χ2v) is 5.14. The summed E-state index contributed by atoms with van der Waals surface area (Å²) >= 11 is 3.25. The Bertz CT molecular complexity index is 602. The third-order valence-corrected chi connectivity index (χ3v) is 3.66. The SMILES string of the molecule is O=C(O)C1CCc2cnc(-c3ccc(Br)o3)n2C1. The Morgan fingerprint density at radius 3 is 3.06 bits per heavy atom. The largest absolute Gasteiger partial charge is 0.481 e. The summed E-state index contributed by atoms with van der Waals surface area (Å²) in [5.41, 5.74) is 1.06. The zero-order chi connectivity index (χ0) is 12.7. The summed E-state index contributed by atoms with van der Waals surface area (Å²) in [6, 6.07) is 3.62. The van der Waals surface area contributed by atoms with Crippen LogP contribution in [-0.2, 0) is 17.8 Å². The van der Waals surface area contributed by atoms with E-state index in [-0.39, 0.29) is 5.92 Å². The molecule has 2 aromatic heterocycles. The molecule has 0 saturated heterocycles. The smallest absolute Gasteiger partial charge is 0.308 e. The van der Waals surface area contributed by atoms with E-state index in [0.717, 1.165) is 12.1 Å². The van der Waals surface area contributed by atoms with Gasteiger partial charge in [0.25, 0.3) is 0 Å². The second kappa shape index (κ2) is 4.28. The van der Waals surface area contributed by atoms with Gasteiger partial charge in [0.05, 0.1) is 5.92 Å². The number of rotatable bonds is 2. The van der Waals surface area contributed by atoms with E-state index in [9.17, 15) is 4.79 Å². The van der Waals surface area contributed by atoms with Crippen LogP contribution in [0.5, 0.6) is 0 Å². The molecule has 5 nitrogen and oxygen atoms in total. The van der Waals surface area contributed by atoms with Crippen LogP contribution in [0.15, 0.2) is 27.4 Å². The number of aromatic nitrogens is 2. The van der Waals surface area contributed by atoms with Crippen LogP contribution in [0, 0.1) is 5.92 Å². The first-order valence-corrected chi connectivity index (χ1v) is 6.47. The molecule has 0 bridgehead atoms. The number of halogens is 1. The zero-order valence-electron chi connectivity index (χ0n) is 9.47. The Morgan fingerprint density at radius 1 is 1.56 bits per heavy atom. The molecule has 1 aliphatic rings. The number of nitrogens with zero attached hydrogens (tertiary/aromatic N) is 2. The minimum absolute atomic E-state index is 0.344. The van der Waals surface area contributed by atoms with Crippen LogP contribution in [0.4, 0.5) is 0 Å². The predicted molar refractivity (Wildman–Crippen MR) is 67.1 cm³/mol. The lowest BCUT2D eigenvalue weighted by atomic mass is 9.98. The molecule has 2 aromatic rings. The summed E-state index contributed by atoms with van der Waals surface area (Å²) in [4.78, 5) is 15.4. The Hall–Kier alpha value is -1.56. The lowest BCUT2D eigenvalue weighted by Gasteiger charge is -2.21. The number of carbonyl (C=O) groups is 1. The summed E-state index contributed by atoms with van der Waals surface area (Å²) in [7, 11) is 0. The Kier molecular flexibility index (Phi) is 2.74. The molecule has 0 fully saturated rings. The van der Waals surface area contributed by atoms with E-state index in [0.29, 0.717) is 29.2 Å². The van der Waals surface area contributed by atoms with Gasteiger partial charge in [0.15, 0.2) is 16.3 Å². The van der Waals surface area contributed by atoms with Gasteiger partial charge in [-0.25, -0.2) is 4.98 Å². The molecule has 94 valence electrons.